The van der Waals surface area contributed by atoms with Gasteiger partial charge in [-0.2, -0.15) is 13.2 Å². The zero-order valence-electron chi connectivity index (χ0n) is 18.5. The van der Waals surface area contributed by atoms with Crippen molar-refractivity contribution in [1.82, 2.24) is 0 Å². The molecule has 0 unspecified atom stereocenters. The topological polar surface area (TPSA) is 86.6 Å². The van der Waals surface area contributed by atoms with Crippen molar-refractivity contribution in [3.05, 3.63) is 63.8 Å². The van der Waals surface area contributed by atoms with Crippen LogP contribution in [-0.4, -0.2) is 44.6 Å². The lowest BCUT2D eigenvalue weighted by Gasteiger charge is -2.14. The SMILES string of the molecule is COC(=O)C1=C(O)C(=Cc2ccc(OC)c(OC)c2OC)SC1=Nc1ccc(C(F)(F)F)cc1. The van der Waals surface area contributed by atoms with Crippen LogP contribution in [0.1, 0.15) is 11.1 Å². The Morgan fingerprint density at radius 1 is 0.971 bits per heavy atom. The van der Waals surface area contributed by atoms with Gasteiger partial charge in [0.25, 0.3) is 0 Å². The smallest absolute Gasteiger partial charge is 0.416 e. The molecule has 0 atom stereocenters. The van der Waals surface area contributed by atoms with E-state index in [-0.39, 0.29) is 27.0 Å². The number of aliphatic hydroxyl groups is 1. The molecule has 11 heteroatoms. The molecule has 0 aromatic heterocycles. The van der Waals surface area contributed by atoms with Crippen LogP contribution in [0, 0.1) is 0 Å². The van der Waals surface area contributed by atoms with Crippen molar-refractivity contribution in [3.8, 4) is 17.2 Å². The number of esters is 1. The Morgan fingerprint density at radius 2 is 1.62 bits per heavy atom. The van der Waals surface area contributed by atoms with Crippen molar-refractivity contribution in [1.29, 1.82) is 0 Å². The van der Waals surface area contributed by atoms with E-state index in [1.165, 1.54) is 33.5 Å². The Hall–Kier alpha value is -3.60. The van der Waals surface area contributed by atoms with Crippen LogP contribution in [0.3, 0.4) is 0 Å². The molecule has 1 aliphatic heterocycles. The van der Waals surface area contributed by atoms with Gasteiger partial charge >= 0.3 is 12.1 Å². The molecule has 3 rings (SSSR count). The van der Waals surface area contributed by atoms with Gasteiger partial charge in [0.2, 0.25) is 5.75 Å². The molecule has 0 aliphatic carbocycles. The molecule has 1 heterocycles. The summed E-state index contributed by atoms with van der Waals surface area (Å²) < 4.78 is 59.3. The quantitative estimate of drug-likeness (QED) is 0.527. The van der Waals surface area contributed by atoms with Crippen molar-refractivity contribution in [2.24, 2.45) is 4.99 Å². The number of hydrogen-bond acceptors (Lipinski definition) is 8. The molecule has 1 N–H and O–H groups in total. The maximum Gasteiger partial charge on any atom is 0.416 e. The minimum absolute atomic E-state index is 0.0646. The number of carbonyl (C=O) groups excluding carboxylic acids is 1. The first-order chi connectivity index (χ1) is 16.1. The fourth-order valence-corrected chi connectivity index (χ4v) is 4.14. The average Bonchev–Trinajstić information content (AvgIpc) is 3.12. The second kappa shape index (κ2) is 10.1. The van der Waals surface area contributed by atoms with E-state index in [0.717, 1.165) is 31.0 Å². The van der Waals surface area contributed by atoms with Gasteiger partial charge in [0, 0.05) is 5.56 Å². The van der Waals surface area contributed by atoms with Crippen LogP contribution in [0.5, 0.6) is 17.2 Å². The van der Waals surface area contributed by atoms with E-state index in [0.29, 0.717) is 22.8 Å². The van der Waals surface area contributed by atoms with Gasteiger partial charge in [-0.1, -0.05) is 11.8 Å². The van der Waals surface area contributed by atoms with E-state index in [4.69, 9.17) is 18.9 Å². The number of ether oxygens (including phenoxy) is 4. The molecule has 0 amide bonds. The van der Waals surface area contributed by atoms with Gasteiger partial charge in [0.15, 0.2) is 11.5 Å². The van der Waals surface area contributed by atoms with Gasteiger partial charge < -0.3 is 24.1 Å². The molecule has 2 aromatic rings. The van der Waals surface area contributed by atoms with Crippen LogP contribution >= 0.6 is 11.8 Å². The van der Waals surface area contributed by atoms with E-state index in [1.807, 2.05) is 0 Å². The third-order valence-corrected chi connectivity index (χ3v) is 5.75. The fraction of sp³-hybridized carbons (Fsp3) is 0.217. The highest BCUT2D eigenvalue weighted by Crippen LogP contribution is 2.45. The van der Waals surface area contributed by atoms with E-state index in [2.05, 4.69) is 4.99 Å². The molecular formula is C23H20F3NO6S. The summed E-state index contributed by atoms with van der Waals surface area (Å²) in [5, 5.41) is 10.8. The van der Waals surface area contributed by atoms with Crippen LogP contribution in [0.2, 0.25) is 0 Å². The van der Waals surface area contributed by atoms with Crippen LogP contribution in [-0.2, 0) is 15.7 Å². The van der Waals surface area contributed by atoms with Gasteiger partial charge in [0.05, 0.1) is 44.6 Å². The average molecular weight is 495 g/mol. The highest BCUT2D eigenvalue weighted by Gasteiger charge is 2.34. The van der Waals surface area contributed by atoms with E-state index >= 15 is 0 Å². The summed E-state index contributed by atoms with van der Waals surface area (Å²) in [6.07, 6.45) is -2.93. The lowest BCUT2D eigenvalue weighted by atomic mass is 10.1. The van der Waals surface area contributed by atoms with Crippen molar-refractivity contribution in [3.63, 3.8) is 0 Å². The van der Waals surface area contributed by atoms with Gasteiger partial charge in [-0.3, -0.25) is 0 Å². The number of aliphatic hydroxyl groups excluding tert-OH is 1. The standard InChI is InChI=1S/C23H20F3NO6S/c1-30-15-10-5-12(19(31-2)20(15)32-3)11-16-18(28)17(22(29)33-4)21(34-16)27-14-8-6-13(7-9-14)23(24,25)26/h5-11,28H,1-4H3. The number of thioether (sulfide) groups is 1. The zero-order chi connectivity index (χ0) is 25.0. The summed E-state index contributed by atoms with van der Waals surface area (Å²) >= 11 is 0.949. The Kier molecular flexibility index (Phi) is 7.45. The second-order valence-corrected chi connectivity index (χ2v) is 7.74. The van der Waals surface area contributed by atoms with Gasteiger partial charge in [-0.25, -0.2) is 9.79 Å². The third kappa shape index (κ3) is 4.98. The number of nitrogens with zero attached hydrogens (tertiary/aromatic N) is 1. The summed E-state index contributed by atoms with van der Waals surface area (Å²) in [6, 6.07) is 7.41. The van der Waals surface area contributed by atoms with Gasteiger partial charge in [0.1, 0.15) is 16.4 Å². The van der Waals surface area contributed by atoms with Gasteiger partial charge in [-0.15, -0.1) is 0 Å². The van der Waals surface area contributed by atoms with Gasteiger partial charge in [-0.05, 0) is 42.5 Å². The molecular weight excluding hydrogens is 475 g/mol. The first-order valence-electron chi connectivity index (χ1n) is 9.61. The number of aliphatic imine (C=N–C) groups is 1. The summed E-state index contributed by atoms with van der Waals surface area (Å²) in [4.78, 5) is 16.8. The summed E-state index contributed by atoms with van der Waals surface area (Å²) in [7, 11) is 5.50. The van der Waals surface area contributed by atoms with Crippen LogP contribution in [0.25, 0.3) is 6.08 Å². The normalized spacial score (nSPS) is 16.2. The van der Waals surface area contributed by atoms with E-state index < -0.39 is 17.7 Å². The number of rotatable bonds is 6. The maximum absolute atomic E-state index is 12.8. The lowest BCUT2D eigenvalue weighted by molar-refractivity contribution is -0.137. The van der Waals surface area contributed by atoms with Crippen molar-refractivity contribution < 1.29 is 42.0 Å². The minimum Gasteiger partial charge on any atom is -0.506 e. The number of halogens is 3. The maximum atomic E-state index is 12.8. The Bertz CT molecular complexity index is 1190. The van der Waals surface area contributed by atoms with Crippen molar-refractivity contribution in [2.45, 2.75) is 6.18 Å². The highest BCUT2D eigenvalue weighted by molar-refractivity contribution is 8.18. The number of methoxy groups -OCH3 is 4. The molecule has 0 bridgehead atoms. The number of benzene rings is 2. The second-order valence-electron chi connectivity index (χ2n) is 6.71. The molecule has 34 heavy (non-hydrogen) atoms. The molecule has 2 aromatic carbocycles. The van der Waals surface area contributed by atoms with Crippen LogP contribution in [0.15, 0.2) is 57.6 Å². The summed E-state index contributed by atoms with van der Waals surface area (Å²) in [6.45, 7) is 0. The lowest BCUT2D eigenvalue weighted by Crippen LogP contribution is -2.10. The van der Waals surface area contributed by atoms with Crippen LogP contribution in [0.4, 0.5) is 18.9 Å². The molecule has 7 nitrogen and oxygen atoms in total. The largest absolute Gasteiger partial charge is 0.506 e. The first kappa shape index (κ1) is 25.0. The first-order valence-corrected chi connectivity index (χ1v) is 10.4. The Morgan fingerprint density at radius 3 is 2.15 bits per heavy atom. The number of carbonyl (C=O) groups is 1. The number of alkyl halides is 3. The van der Waals surface area contributed by atoms with Crippen molar-refractivity contribution >= 4 is 34.5 Å². The molecule has 0 saturated heterocycles. The minimum atomic E-state index is -4.49. The molecule has 0 spiro atoms. The highest BCUT2D eigenvalue weighted by atomic mass is 32.2. The Labute approximate surface area is 197 Å². The third-order valence-electron chi connectivity index (χ3n) is 4.73. The monoisotopic (exact) mass is 495 g/mol. The fourth-order valence-electron chi connectivity index (χ4n) is 3.11. The molecule has 0 saturated carbocycles. The molecule has 0 fully saturated rings. The number of hydrogen-bond donors (Lipinski definition) is 1. The van der Waals surface area contributed by atoms with E-state index in [9.17, 15) is 23.1 Å². The Balaban J connectivity index is 2.07. The summed E-state index contributed by atoms with van der Waals surface area (Å²) in [5.74, 6) is -0.147. The van der Waals surface area contributed by atoms with Crippen LogP contribution < -0.4 is 14.2 Å². The predicted octanol–water partition coefficient (Wildman–Crippen LogP) is 5.53. The predicted molar refractivity (Wildman–Crippen MR) is 122 cm³/mol. The molecule has 0 radical (unpaired) electrons. The zero-order valence-corrected chi connectivity index (χ0v) is 19.3. The molecule has 1 aliphatic rings. The van der Waals surface area contributed by atoms with E-state index in [1.54, 1.807) is 18.2 Å². The molecule has 180 valence electrons. The summed E-state index contributed by atoms with van der Waals surface area (Å²) in [5.41, 5.74) is -0.370. The van der Waals surface area contributed by atoms with Crippen molar-refractivity contribution in [2.75, 3.05) is 28.4 Å².